The number of alkyl carbamates (subject to hydrolysis) is 1. The zero-order chi connectivity index (χ0) is 41.3. The molecule has 0 aliphatic carbocycles. The summed E-state index contributed by atoms with van der Waals surface area (Å²) < 4.78 is 107. The quantitative estimate of drug-likeness (QED) is 0.204. The molecule has 4 aromatic rings. The number of benzene rings is 2. The van der Waals surface area contributed by atoms with E-state index in [-0.39, 0.29) is 116 Å². The zero-order valence-corrected chi connectivity index (χ0v) is 32.3. The standard InChI is InChI=1S/C41H43F6N7O5.H2/c1-39-10-4-12-52(21-39)35-28-19-48-33(32(44)34(28)49-36(50-35)58-22-40-11-5-13-53(40)20-24(42)18-40)27-17-25(59-38(56)54-14-2-7-30(54)41(45,46)47)16-23-8-9-29(43)26(31(23)27)6-3-15-57-37(55)51-39;/h8-9,16-17,19,24,30H,2-7,10-15,18,20-22H2,1H3,(H,51,55);1H/t24-,30-,39-,40+;/m1./s1. The van der Waals surface area contributed by atoms with Crippen LogP contribution in [-0.2, 0) is 11.2 Å². The lowest BCUT2D eigenvalue weighted by Gasteiger charge is -2.41. The SMILES string of the molecule is C[C@@]12CCCN(C1)c1nc(OC[C@@]34CCCN3C[C@H](F)C4)nc3c(F)c(ncc13)-c1cc(OC(=O)N3CCC[C@@H]3C(F)(F)F)cc3ccc(F)c(c13)CCCOC(=O)N2.[HH]. The number of carbonyl (C=O) groups excluding carboxylic acids is 2. The van der Waals surface area contributed by atoms with Gasteiger partial charge in [-0.15, -0.1) is 0 Å². The summed E-state index contributed by atoms with van der Waals surface area (Å²) in [6.45, 7) is 3.46. The molecule has 59 heavy (non-hydrogen) atoms. The van der Waals surface area contributed by atoms with E-state index >= 15 is 8.78 Å². The van der Waals surface area contributed by atoms with Gasteiger partial charge in [-0.05, 0) is 99.4 Å². The van der Waals surface area contributed by atoms with Crippen molar-refractivity contribution in [1.82, 2.24) is 30.1 Å². The van der Waals surface area contributed by atoms with Crippen LogP contribution >= 0.6 is 0 Å². The number of alkyl halides is 4. The number of rotatable bonds is 4. The molecular formula is C41H45F6N7O5. The maximum absolute atomic E-state index is 17.5. The predicted octanol–water partition coefficient (Wildman–Crippen LogP) is 7.88. The van der Waals surface area contributed by atoms with Crippen LogP contribution in [0.15, 0.2) is 30.5 Å². The molecule has 12 nitrogen and oxygen atoms in total. The summed E-state index contributed by atoms with van der Waals surface area (Å²) in [7, 11) is 0. The Morgan fingerprint density at radius 2 is 1.92 bits per heavy atom. The van der Waals surface area contributed by atoms with Crippen molar-refractivity contribution >= 4 is 39.7 Å². The molecule has 4 saturated heterocycles. The summed E-state index contributed by atoms with van der Waals surface area (Å²) in [5, 5.41) is 3.68. The minimum atomic E-state index is -4.67. The number of carbonyl (C=O) groups is 2. The Labute approximate surface area is 336 Å². The van der Waals surface area contributed by atoms with E-state index in [0.717, 1.165) is 13.0 Å². The summed E-state index contributed by atoms with van der Waals surface area (Å²) in [5.74, 6) is -1.50. The molecule has 8 heterocycles. The predicted molar refractivity (Wildman–Crippen MR) is 205 cm³/mol. The maximum Gasteiger partial charge on any atom is 0.415 e. The van der Waals surface area contributed by atoms with Gasteiger partial charge in [-0.3, -0.25) is 14.8 Å². The third-order valence-corrected chi connectivity index (χ3v) is 12.5. The first-order valence-corrected chi connectivity index (χ1v) is 20.1. The van der Waals surface area contributed by atoms with E-state index in [9.17, 15) is 27.2 Å². The highest BCUT2D eigenvalue weighted by Crippen LogP contribution is 2.43. The summed E-state index contributed by atoms with van der Waals surface area (Å²) >= 11 is 0. The van der Waals surface area contributed by atoms with Crippen molar-refractivity contribution in [2.45, 2.75) is 94.2 Å². The van der Waals surface area contributed by atoms with Crippen molar-refractivity contribution in [3.8, 4) is 23.0 Å². The molecule has 0 spiro atoms. The summed E-state index contributed by atoms with van der Waals surface area (Å²) in [6.07, 6.45) is -3.02. The van der Waals surface area contributed by atoms with Crippen LogP contribution in [0, 0.1) is 11.6 Å². The number of aromatic nitrogens is 3. The lowest BCUT2D eigenvalue weighted by Crippen LogP contribution is -2.57. The molecule has 6 aliphatic rings. The number of anilines is 1. The Morgan fingerprint density at radius 1 is 1.08 bits per heavy atom. The van der Waals surface area contributed by atoms with Crippen molar-refractivity contribution in [2.24, 2.45) is 0 Å². The number of ether oxygens (including phenoxy) is 3. The number of aryl methyl sites for hydroxylation is 1. The van der Waals surface area contributed by atoms with Crippen molar-refractivity contribution in [1.29, 1.82) is 0 Å². The van der Waals surface area contributed by atoms with Crippen molar-refractivity contribution in [3.63, 3.8) is 0 Å². The molecule has 6 aliphatic heterocycles. The van der Waals surface area contributed by atoms with E-state index in [0.29, 0.717) is 37.3 Å². The summed E-state index contributed by atoms with van der Waals surface area (Å²) in [6, 6.07) is 3.03. The largest absolute Gasteiger partial charge is 0.461 e. The van der Waals surface area contributed by atoms with Crippen molar-refractivity contribution in [3.05, 3.63) is 47.7 Å². The van der Waals surface area contributed by atoms with Gasteiger partial charge in [0.25, 0.3) is 0 Å². The molecule has 0 radical (unpaired) electrons. The van der Waals surface area contributed by atoms with Crippen molar-refractivity contribution < 1.29 is 51.6 Å². The molecule has 0 unspecified atom stereocenters. The first-order chi connectivity index (χ1) is 28.2. The third kappa shape index (κ3) is 7.30. The fourth-order valence-corrected chi connectivity index (χ4v) is 9.84. The van der Waals surface area contributed by atoms with Gasteiger partial charge in [0.05, 0.1) is 23.1 Å². The molecule has 2 amide bonds. The van der Waals surface area contributed by atoms with E-state index in [1.54, 1.807) is 0 Å². The Morgan fingerprint density at radius 3 is 2.75 bits per heavy atom. The minimum Gasteiger partial charge on any atom is -0.461 e. The molecule has 18 heteroatoms. The van der Waals surface area contributed by atoms with Crippen LogP contribution in [0.2, 0.25) is 0 Å². The normalized spacial score (nSPS) is 26.3. The van der Waals surface area contributed by atoms with Gasteiger partial charge in [-0.1, -0.05) is 6.07 Å². The van der Waals surface area contributed by atoms with E-state index < -0.39 is 53.3 Å². The number of nitrogens with one attached hydrogen (secondary N) is 1. The lowest BCUT2D eigenvalue weighted by molar-refractivity contribution is -0.170. The van der Waals surface area contributed by atoms with Crippen LogP contribution in [0.3, 0.4) is 0 Å². The molecular weight excluding hydrogens is 784 g/mol. The van der Waals surface area contributed by atoms with Crippen LogP contribution in [0.4, 0.5) is 41.7 Å². The monoisotopic (exact) mass is 829 g/mol. The molecule has 316 valence electrons. The third-order valence-electron chi connectivity index (χ3n) is 12.5. The molecule has 4 fully saturated rings. The van der Waals surface area contributed by atoms with E-state index in [4.69, 9.17) is 19.2 Å². The van der Waals surface area contributed by atoms with Gasteiger partial charge in [0.15, 0.2) is 5.82 Å². The number of piperidine rings is 1. The number of likely N-dealkylation sites (tertiary alicyclic amines) is 1. The van der Waals surface area contributed by atoms with Crippen LogP contribution in [0.1, 0.15) is 65.3 Å². The summed E-state index contributed by atoms with van der Waals surface area (Å²) in [5.41, 5.74) is -1.71. The molecule has 2 aromatic carbocycles. The van der Waals surface area contributed by atoms with Gasteiger partial charge in [-0.2, -0.15) is 23.1 Å². The second-order valence-electron chi connectivity index (χ2n) is 16.7. The molecule has 0 saturated carbocycles. The van der Waals surface area contributed by atoms with Crippen LogP contribution < -0.4 is 19.7 Å². The Balaban J connectivity index is 0.00000499. The van der Waals surface area contributed by atoms with E-state index in [1.807, 2.05) is 11.8 Å². The highest BCUT2D eigenvalue weighted by Gasteiger charge is 2.50. The number of pyridine rings is 1. The van der Waals surface area contributed by atoms with E-state index in [2.05, 4.69) is 20.2 Å². The fourth-order valence-electron chi connectivity index (χ4n) is 9.84. The van der Waals surface area contributed by atoms with Crippen LogP contribution in [-0.4, -0.2) is 112 Å². The number of hydrogen-bond donors (Lipinski definition) is 1. The number of amides is 2. The Hall–Kier alpha value is -5.13. The van der Waals surface area contributed by atoms with Gasteiger partial charge in [0, 0.05) is 45.8 Å². The second kappa shape index (κ2) is 14.9. The van der Waals surface area contributed by atoms with Gasteiger partial charge in [0.1, 0.15) is 47.4 Å². The number of nitrogens with zero attached hydrogens (tertiary/aromatic N) is 6. The Kier molecular flexibility index (Phi) is 9.90. The fraction of sp³-hybridized carbons (Fsp3) is 0.537. The summed E-state index contributed by atoms with van der Waals surface area (Å²) in [4.78, 5) is 44.9. The van der Waals surface area contributed by atoms with Gasteiger partial charge in [-0.25, -0.2) is 22.8 Å². The Bertz CT molecular complexity index is 2340. The average molecular weight is 830 g/mol. The number of hydrogen-bond acceptors (Lipinski definition) is 10. The zero-order valence-electron chi connectivity index (χ0n) is 32.3. The first-order valence-electron chi connectivity index (χ1n) is 20.1. The highest BCUT2D eigenvalue weighted by molar-refractivity contribution is 6.02. The topological polar surface area (TPSA) is 122 Å². The lowest BCUT2D eigenvalue weighted by atomic mass is 9.91. The van der Waals surface area contributed by atoms with Gasteiger partial charge >= 0.3 is 24.4 Å². The number of halogens is 6. The smallest absolute Gasteiger partial charge is 0.415 e. The number of fused-ring (bicyclic) bond motifs is 7. The maximum atomic E-state index is 17.5. The van der Waals surface area contributed by atoms with Gasteiger partial charge < -0.3 is 24.4 Å². The molecule has 2 aromatic heterocycles. The minimum absolute atomic E-state index is 0. The van der Waals surface area contributed by atoms with Crippen LogP contribution in [0.5, 0.6) is 11.8 Å². The van der Waals surface area contributed by atoms with Crippen LogP contribution in [0.25, 0.3) is 32.9 Å². The molecule has 4 atom stereocenters. The highest BCUT2D eigenvalue weighted by atomic mass is 19.4. The second-order valence-corrected chi connectivity index (χ2v) is 16.7. The van der Waals surface area contributed by atoms with Crippen molar-refractivity contribution in [2.75, 3.05) is 50.8 Å². The average Bonchev–Trinajstić information content (AvgIpc) is 3.91. The van der Waals surface area contributed by atoms with Gasteiger partial charge in [0.2, 0.25) is 0 Å². The molecule has 10 rings (SSSR count). The molecule has 1 N–H and O–H groups in total. The van der Waals surface area contributed by atoms with E-state index in [1.165, 1.54) is 30.5 Å². The first kappa shape index (κ1) is 39.3. The molecule has 6 bridgehead atoms.